The average molecular weight is 653 g/mol. The van der Waals surface area contributed by atoms with Gasteiger partial charge >= 0.3 is 0 Å². The number of rotatable bonds is 6. The molecule has 7 aromatic carbocycles. The molecule has 0 fully saturated rings. The Bertz CT molecular complexity index is 2580. The van der Waals surface area contributed by atoms with Gasteiger partial charge in [-0.15, -0.1) is 0 Å². The monoisotopic (exact) mass is 652 g/mol. The van der Waals surface area contributed by atoms with Gasteiger partial charge in [-0.2, -0.15) is 15.8 Å². The number of hydrogen-bond donors (Lipinski definition) is 0. The van der Waals surface area contributed by atoms with Gasteiger partial charge in [0.05, 0.1) is 45.5 Å². The van der Waals surface area contributed by atoms with E-state index in [-0.39, 0.29) is 0 Å². The van der Waals surface area contributed by atoms with E-state index in [1.165, 1.54) is 15.6 Å². The van der Waals surface area contributed by atoms with Crippen LogP contribution < -0.4 is 20.7 Å². The Morgan fingerprint density at radius 1 is 0.420 bits per heavy atom. The number of para-hydroxylation sites is 1. The lowest BCUT2D eigenvalue weighted by Crippen LogP contribution is -2.75. The summed E-state index contributed by atoms with van der Waals surface area (Å²) in [7, 11) is -3.04. The van der Waals surface area contributed by atoms with E-state index >= 15 is 0 Å². The number of hydrogen-bond acceptors (Lipinski definition) is 3. The summed E-state index contributed by atoms with van der Waals surface area (Å²) in [5, 5.41) is 38.2. The predicted molar refractivity (Wildman–Crippen MR) is 204 cm³/mol. The Morgan fingerprint density at radius 3 is 1.52 bits per heavy atom. The van der Waals surface area contributed by atoms with Crippen LogP contribution in [0, 0.1) is 34.0 Å². The van der Waals surface area contributed by atoms with Crippen LogP contribution in [0.1, 0.15) is 16.7 Å². The summed E-state index contributed by atoms with van der Waals surface area (Å²) in [4.78, 5) is 0. The van der Waals surface area contributed by atoms with Crippen LogP contribution in [-0.4, -0.2) is 12.6 Å². The first-order valence-corrected chi connectivity index (χ1v) is 18.4. The maximum atomic E-state index is 11.2. The molecule has 0 amide bonds. The van der Waals surface area contributed by atoms with Crippen LogP contribution in [0.15, 0.2) is 170 Å². The molecule has 0 bridgehead atoms. The fourth-order valence-corrected chi connectivity index (χ4v) is 12.5. The molecule has 5 heteroatoms. The van der Waals surface area contributed by atoms with Gasteiger partial charge in [-0.3, -0.25) is 0 Å². The van der Waals surface area contributed by atoms with E-state index in [0.717, 1.165) is 32.6 Å². The highest BCUT2D eigenvalue weighted by Crippen LogP contribution is 2.37. The van der Waals surface area contributed by atoms with Crippen molar-refractivity contribution >= 4 is 50.6 Å². The van der Waals surface area contributed by atoms with Gasteiger partial charge < -0.3 is 4.57 Å². The van der Waals surface area contributed by atoms with Gasteiger partial charge in [-0.1, -0.05) is 140 Å². The molecule has 0 N–H and O–H groups in total. The van der Waals surface area contributed by atoms with E-state index in [0.29, 0.717) is 27.9 Å². The van der Waals surface area contributed by atoms with Crippen molar-refractivity contribution in [2.45, 2.75) is 0 Å². The minimum Gasteiger partial charge on any atom is -0.308 e. The second kappa shape index (κ2) is 12.6. The van der Waals surface area contributed by atoms with E-state index in [9.17, 15) is 15.8 Å². The van der Waals surface area contributed by atoms with Crippen LogP contribution in [0.25, 0.3) is 38.6 Å². The number of nitrogens with zero attached hydrogens (tertiary/aromatic N) is 4. The second-order valence-corrected chi connectivity index (χ2v) is 16.0. The Labute approximate surface area is 291 Å². The molecule has 0 aliphatic rings. The highest BCUT2D eigenvalue weighted by molar-refractivity contribution is 7.20. The third kappa shape index (κ3) is 4.64. The highest BCUT2D eigenvalue weighted by Gasteiger charge is 2.43. The minimum atomic E-state index is -3.04. The maximum Gasteiger partial charge on any atom is 0.180 e. The van der Waals surface area contributed by atoms with E-state index < -0.39 is 8.07 Å². The normalized spacial score (nSPS) is 11.1. The lowest BCUT2D eigenvalue weighted by Gasteiger charge is -2.35. The van der Waals surface area contributed by atoms with Crippen molar-refractivity contribution in [2.75, 3.05) is 0 Å². The third-order valence-electron chi connectivity index (χ3n) is 9.69. The number of fused-ring (bicyclic) bond motifs is 3. The van der Waals surface area contributed by atoms with Crippen molar-refractivity contribution in [3.63, 3.8) is 0 Å². The zero-order valence-electron chi connectivity index (χ0n) is 27.0. The third-order valence-corrected chi connectivity index (χ3v) is 14.5. The zero-order chi connectivity index (χ0) is 34.1. The summed E-state index contributed by atoms with van der Waals surface area (Å²) in [6.45, 7) is 0. The first kappa shape index (κ1) is 30.4. The number of aromatic nitrogens is 1. The van der Waals surface area contributed by atoms with Crippen LogP contribution in [0.5, 0.6) is 0 Å². The molecule has 0 unspecified atom stereocenters. The minimum absolute atomic E-state index is 0.472. The van der Waals surface area contributed by atoms with E-state index in [4.69, 9.17) is 0 Å². The van der Waals surface area contributed by atoms with Gasteiger partial charge in [0.1, 0.15) is 6.07 Å². The molecule has 1 heterocycles. The number of nitriles is 3. The lowest BCUT2D eigenvalue weighted by molar-refractivity contribution is 1.17. The molecule has 8 rings (SSSR count). The lowest BCUT2D eigenvalue weighted by atomic mass is 9.95. The van der Waals surface area contributed by atoms with Gasteiger partial charge in [0.25, 0.3) is 0 Å². The van der Waals surface area contributed by atoms with Crippen LogP contribution >= 0.6 is 0 Å². The molecule has 1 aromatic heterocycles. The van der Waals surface area contributed by atoms with Gasteiger partial charge in [0, 0.05) is 21.9 Å². The topological polar surface area (TPSA) is 76.3 Å². The van der Waals surface area contributed by atoms with Crippen molar-refractivity contribution in [1.82, 2.24) is 4.57 Å². The summed E-state index contributed by atoms with van der Waals surface area (Å²) in [6.07, 6.45) is 0. The first-order valence-electron chi connectivity index (χ1n) is 16.4. The molecule has 0 spiro atoms. The molecule has 0 saturated heterocycles. The fourth-order valence-electron chi connectivity index (χ4n) is 7.61. The van der Waals surface area contributed by atoms with Crippen molar-refractivity contribution < 1.29 is 0 Å². The van der Waals surface area contributed by atoms with E-state index in [1.54, 1.807) is 0 Å². The van der Waals surface area contributed by atoms with Crippen LogP contribution in [0.3, 0.4) is 0 Å². The Kier molecular flexibility index (Phi) is 7.63. The SMILES string of the molecule is N#Cc1ccc2c(c1)c1ccccc1n2-c1cccc(-c2cccc([Si](c3ccccc3)(c3ccccc3)c3ccccc3)c2C#N)c1C#N. The maximum absolute atomic E-state index is 11.2. The van der Waals surface area contributed by atoms with Crippen LogP contribution in [-0.2, 0) is 0 Å². The largest absolute Gasteiger partial charge is 0.308 e. The molecule has 4 nitrogen and oxygen atoms in total. The molecule has 0 saturated carbocycles. The molecular weight excluding hydrogens is 625 g/mol. The second-order valence-electron chi connectivity index (χ2n) is 12.2. The molecule has 232 valence electrons. The summed E-state index contributed by atoms with van der Waals surface area (Å²) in [5.41, 5.74) is 5.57. The first-order chi connectivity index (χ1) is 24.7. The predicted octanol–water partition coefficient (Wildman–Crippen LogP) is 7.44. The van der Waals surface area contributed by atoms with Gasteiger partial charge in [-0.25, -0.2) is 0 Å². The van der Waals surface area contributed by atoms with Gasteiger partial charge in [0.15, 0.2) is 8.07 Å². The van der Waals surface area contributed by atoms with Crippen LogP contribution in [0.2, 0.25) is 0 Å². The Balaban J connectivity index is 1.45. The highest BCUT2D eigenvalue weighted by atomic mass is 28.3. The van der Waals surface area contributed by atoms with Crippen molar-refractivity contribution in [3.05, 3.63) is 187 Å². The summed E-state index contributed by atoms with van der Waals surface area (Å²) < 4.78 is 2.10. The standard InChI is InChI=1S/C45H28N4Si/c46-29-32-26-27-44-39(28-32)38-20-10-11-23-42(38)49(44)43-24-12-21-36(40(43)30-47)37-22-13-25-45(41(37)31-48)50(33-14-4-1-5-15-33,34-16-6-2-7-17-34)35-18-8-3-9-19-35/h1-28H. The van der Waals surface area contributed by atoms with Crippen molar-refractivity contribution in [3.8, 4) is 35.0 Å². The Morgan fingerprint density at radius 2 is 0.940 bits per heavy atom. The Hall–Kier alpha value is -6.97. The average Bonchev–Trinajstić information content (AvgIpc) is 3.52. The molecule has 8 aromatic rings. The molecule has 0 aliphatic carbocycles. The smallest absolute Gasteiger partial charge is 0.180 e. The summed E-state index contributed by atoms with van der Waals surface area (Å²) >= 11 is 0. The zero-order valence-corrected chi connectivity index (χ0v) is 28.0. The van der Waals surface area contributed by atoms with Crippen molar-refractivity contribution in [1.29, 1.82) is 15.8 Å². The van der Waals surface area contributed by atoms with E-state index in [2.05, 4.69) is 102 Å². The van der Waals surface area contributed by atoms with Crippen molar-refractivity contribution in [2.24, 2.45) is 0 Å². The molecule has 0 atom stereocenters. The summed E-state index contributed by atoms with van der Waals surface area (Å²) in [5.74, 6) is 0. The molecule has 50 heavy (non-hydrogen) atoms. The van der Waals surface area contributed by atoms with Crippen LogP contribution in [0.4, 0.5) is 0 Å². The summed E-state index contributed by atoms with van der Waals surface area (Å²) in [6, 6.07) is 64.7. The van der Waals surface area contributed by atoms with Gasteiger partial charge in [-0.05, 0) is 51.1 Å². The van der Waals surface area contributed by atoms with E-state index in [1.807, 2.05) is 91.0 Å². The molecule has 0 radical (unpaired) electrons. The fraction of sp³-hybridized carbons (Fsp3) is 0. The van der Waals surface area contributed by atoms with Gasteiger partial charge in [0.2, 0.25) is 0 Å². The quantitative estimate of drug-likeness (QED) is 0.138. The molecular formula is C45H28N4Si. The molecule has 0 aliphatic heterocycles. The number of benzene rings is 7.